The standard InChI is InChI=1S/C23H21F3N6O/c1-30-12-18(10-28-30)17-9-27-21-20(11-29-32(21)13-17)15-4-2-5-16(8-15)22(33)31-7-3-6-19(14-31)23(24,25)26/h2,4-5,8-13,19H,3,6-7,14H2,1H3. The number of alkyl halides is 3. The molecule has 0 N–H and O–H groups in total. The zero-order valence-corrected chi connectivity index (χ0v) is 17.8. The van der Waals surface area contributed by atoms with E-state index in [0.29, 0.717) is 24.2 Å². The molecular formula is C23H21F3N6O. The molecule has 4 heterocycles. The van der Waals surface area contributed by atoms with Crippen LogP contribution in [0.4, 0.5) is 13.2 Å². The Balaban J connectivity index is 1.42. The van der Waals surface area contributed by atoms with Crippen LogP contribution in [0.15, 0.2) is 55.2 Å². The van der Waals surface area contributed by atoms with Gasteiger partial charge in [0.05, 0.1) is 18.3 Å². The van der Waals surface area contributed by atoms with E-state index < -0.39 is 18.0 Å². The number of nitrogens with zero attached hydrogens (tertiary/aromatic N) is 6. The van der Waals surface area contributed by atoms with Crippen LogP contribution in [-0.4, -0.2) is 54.5 Å². The summed E-state index contributed by atoms with van der Waals surface area (Å²) in [7, 11) is 1.84. The first-order valence-electron chi connectivity index (χ1n) is 10.6. The number of hydrogen-bond donors (Lipinski definition) is 0. The molecule has 0 aliphatic carbocycles. The molecule has 1 aromatic carbocycles. The van der Waals surface area contributed by atoms with Gasteiger partial charge in [0.2, 0.25) is 0 Å². The Morgan fingerprint density at radius 1 is 1.06 bits per heavy atom. The number of likely N-dealkylation sites (tertiary alicyclic amines) is 1. The van der Waals surface area contributed by atoms with Gasteiger partial charge in [0.15, 0.2) is 5.65 Å². The number of carbonyl (C=O) groups is 1. The number of piperidine rings is 1. The van der Waals surface area contributed by atoms with Crippen molar-refractivity contribution in [2.75, 3.05) is 13.1 Å². The van der Waals surface area contributed by atoms with E-state index in [4.69, 9.17) is 0 Å². The predicted molar refractivity (Wildman–Crippen MR) is 115 cm³/mol. The second-order valence-corrected chi connectivity index (χ2v) is 8.28. The predicted octanol–water partition coefficient (Wildman–Crippen LogP) is 4.21. The Morgan fingerprint density at radius 3 is 2.64 bits per heavy atom. The van der Waals surface area contributed by atoms with Gasteiger partial charge in [0, 0.05) is 61.0 Å². The van der Waals surface area contributed by atoms with Gasteiger partial charge in [0.1, 0.15) is 0 Å². The normalized spacial score (nSPS) is 17.0. The van der Waals surface area contributed by atoms with Gasteiger partial charge in [-0.1, -0.05) is 12.1 Å². The van der Waals surface area contributed by atoms with E-state index >= 15 is 0 Å². The molecule has 0 saturated carbocycles. The number of carbonyl (C=O) groups excluding carboxylic acids is 1. The van der Waals surface area contributed by atoms with Crippen LogP contribution in [0.3, 0.4) is 0 Å². The van der Waals surface area contributed by atoms with Crippen molar-refractivity contribution in [1.29, 1.82) is 0 Å². The molecule has 0 radical (unpaired) electrons. The van der Waals surface area contributed by atoms with Crippen molar-refractivity contribution < 1.29 is 18.0 Å². The van der Waals surface area contributed by atoms with Gasteiger partial charge in [-0.2, -0.15) is 23.4 Å². The Labute approximate surface area is 187 Å². The molecule has 170 valence electrons. The van der Waals surface area contributed by atoms with E-state index in [1.165, 1.54) is 4.90 Å². The Morgan fingerprint density at radius 2 is 1.88 bits per heavy atom. The first kappa shape index (κ1) is 21.2. The van der Waals surface area contributed by atoms with Crippen molar-refractivity contribution in [3.05, 3.63) is 60.8 Å². The molecule has 1 aliphatic rings. The first-order chi connectivity index (χ1) is 15.8. The molecule has 1 fully saturated rings. The minimum Gasteiger partial charge on any atom is -0.338 e. The van der Waals surface area contributed by atoms with E-state index in [0.717, 1.165) is 22.3 Å². The maximum atomic E-state index is 13.2. The summed E-state index contributed by atoms with van der Waals surface area (Å²) in [5.74, 6) is -1.87. The van der Waals surface area contributed by atoms with Crippen molar-refractivity contribution in [3.63, 3.8) is 0 Å². The molecular weight excluding hydrogens is 433 g/mol. The van der Waals surface area contributed by atoms with Gasteiger partial charge in [-0.15, -0.1) is 0 Å². The van der Waals surface area contributed by atoms with E-state index in [-0.39, 0.29) is 13.0 Å². The Hall–Kier alpha value is -3.69. The van der Waals surface area contributed by atoms with Crippen LogP contribution < -0.4 is 0 Å². The fourth-order valence-corrected chi connectivity index (χ4v) is 4.23. The monoisotopic (exact) mass is 454 g/mol. The molecule has 33 heavy (non-hydrogen) atoms. The molecule has 1 amide bonds. The van der Waals surface area contributed by atoms with Crippen LogP contribution in [0.2, 0.25) is 0 Å². The molecule has 4 aromatic rings. The fourth-order valence-electron chi connectivity index (χ4n) is 4.23. The average Bonchev–Trinajstić information content (AvgIpc) is 3.44. The van der Waals surface area contributed by atoms with Crippen molar-refractivity contribution in [2.45, 2.75) is 19.0 Å². The minimum atomic E-state index is -4.29. The highest BCUT2D eigenvalue weighted by molar-refractivity contribution is 5.96. The molecule has 1 saturated heterocycles. The Bertz CT molecular complexity index is 1330. The van der Waals surface area contributed by atoms with Crippen LogP contribution in [-0.2, 0) is 7.05 Å². The second-order valence-electron chi connectivity index (χ2n) is 8.28. The number of rotatable bonds is 3. The molecule has 0 spiro atoms. The minimum absolute atomic E-state index is 0.0580. The average molecular weight is 454 g/mol. The van der Waals surface area contributed by atoms with Gasteiger partial charge in [-0.05, 0) is 30.5 Å². The summed E-state index contributed by atoms with van der Waals surface area (Å²) in [6.07, 6.45) is 4.98. The highest BCUT2D eigenvalue weighted by Crippen LogP contribution is 2.34. The molecule has 10 heteroatoms. The van der Waals surface area contributed by atoms with E-state index in [2.05, 4.69) is 15.2 Å². The van der Waals surface area contributed by atoms with Crippen molar-refractivity contribution in [3.8, 4) is 22.3 Å². The zero-order valence-electron chi connectivity index (χ0n) is 17.8. The SMILES string of the molecule is Cn1cc(-c2cnc3c(-c4cccc(C(=O)N5CCCC(C(F)(F)F)C5)c4)cnn3c2)cn1. The summed E-state index contributed by atoms with van der Waals surface area (Å²) in [4.78, 5) is 18.8. The quantitative estimate of drug-likeness (QED) is 0.465. The van der Waals surface area contributed by atoms with E-state index in [1.54, 1.807) is 46.0 Å². The highest BCUT2D eigenvalue weighted by atomic mass is 19.4. The summed E-state index contributed by atoms with van der Waals surface area (Å²) < 4.78 is 42.8. The molecule has 5 rings (SSSR count). The van der Waals surface area contributed by atoms with Crippen molar-refractivity contribution >= 4 is 11.6 Å². The van der Waals surface area contributed by atoms with Gasteiger partial charge < -0.3 is 4.90 Å². The summed E-state index contributed by atoms with van der Waals surface area (Å²) in [6.45, 7) is 0.0208. The van der Waals surface area contributed by atoms with Crippen molar-refractivity contribution in [2.24, 2.45) is 13.0 Å². The van der Waals surface area contributed by atoms with Gasteiger partial charge >= 0.3 is 6.18 Å². The number of aryl methyl sites for hydroxylation is 1. The number of amides is 1. The van der Waals surface area contributed by atoms with Crippen molar-refractivity contribution in [1.82, 2.24) is 29.3 Å². The lowest BCUT2D eigenvalue weighted by Gasteiger charge is -2.33. The summed E-state index contributed by atoms with van der Waals surface area (Å²) in [5, 5.41) is 8.57. The highest BCUT2D eigenvalue weighted by Gasteiger charge is 2.42. The number of fused-ring (bicyclic) bond motifs is 1. The number of aromatic nitrogens is 5. The third-order valence-electron chi connectivity index (χ3n) is 5.99. The van der Waals surface area contributed by atoms with Crippen LogP contribution in [0.25, 0.3) is 27.9 Å². The number of hydrogen-bond acceptors (Lipinski definition) is 4. The largest absolute Gasteiger partial charge is 0.393 e. The maximum Gasteiger partial charge on any atom is 0.393 e. The zero-order chi connectivity index (χ0) is 23.2. The fraction of sp³-hybridized carbons (Fsp3) is 0.304. The topological polar surface area (TPSA) is 68.3 Å². The molecule has 1 atom stereocenters. The lowest BCUT2D eigenvalue weighted by atomic mass is 9.96. The maximum absolute atomic E-state index is 13.2. The first-order valence-corrected chi connectivity index (χ1v) is 10.6. The summed E-state index contributed by atoms with van der Waals surface area (Å²) in [6, 6.07) is 6.87. The second kappa shape index (κ2) is 8.02. The van der Waals surface area contributed by atoms with Gasteiger partial charge in [-0.25, -0.2) is 9.50 Å². The molecule has 0 bridgehead atoms. The molecule has 3 aromatic heterocycles. The molecule has 1 aliphatic heterocycles. The number of halogens is 3. The van der Waals surface area contributed by atoms with Crippen LogP contribution >= 0.6 is 0 Å². The van der Waals surface area contributed by atoms with Crippen LogP contribution in [0.5, 0.6) is 0 Å². The number of benzene rings is 1. The van der Waals surface area contributed by atoms with Crippen LogP contribution in [0.1, 0.15) is 23.2 Å². The van der Waals surface area contributed by atoms with E-state index in [9.17, 15) is 18.0 Å². The summed E-state index contributed by atoms with van der Waals surface area (Å²) >= 11 is 0. The van der Waals surface area contributed by atoms with Crippen LogP contribution in [0, 0.1) is 5.92 Å². The molecule has 1 unspecified atom stereocenters. The van der Waals surface area contributed by atoms with Gasteiger partial charge in [-0.3, -0.25) is 9.48 Å². The van der Waals surface area contributed by atoms with E-state index in [1.807, 2.05) is 25.5 Å². The Kier molecular flexibility index (Phi) is 5.15. The molecule has 7 nitrogen and oxygen atoms in total. The summed E-state index contributed by atoms with van der Waals surface area (Å²) in [5.41, 5.74) is 4.19. The smallest absolute Gasteiger partial charge is 0.338 e. The third kappa shape index (κ3) is 4.08. The lowest BCUT2D eigenvalue weighted by Crippen LogP contribution is -2.44. The lowest BCUT2D eigenvalue weighted by molar-refractivity contribution is -0.184. The third-order valence-corrected chi connectivity index (χ3v) is 5.99. The van der Waals surface area contributed by atoms with Gasteiger partial charge in [0.25, 0.3) is 5.91 Å².